The molecule has 2 aliphatic heterocycles. The zero-order valence-corrected chi connectivity index (χ0v) is 11.4. The van der Waals surface area contributed by atoms with Crippen LogP contribution in [0.2, 0.25) is 0 Å². The molecule has 0 bridgehead atoms. The lowest BCUT2D eigenvalue weighted by atomic mass is 9.93. The Morgan fingerprint density at radius 1 is 1.41 bits per heavy atom. The molecule has 3 atom stereocenters. The summed E-state index contributed by atoms with van der Waals surface area (Å²) in [5.74, 6) is 0.325. The molecule has 0 radical (unpaired) electrons. The van der Waals surface area contributed by atoms with Crippen molar-refractivity contribution in [3.63, 3.8) is 0 Å². The summed E-state index contributed by atoms with van der Waals surface area (Å²) in [7, 11) is -1.23. The topological polar surface area (TPSA) is 72.6 Å². The van der Waals surface area contributed by atoms with Gasteiger partial charge in [-0.1, -0.05) is 0 Å². The fourth-order valence-corrected chi connectivity index (χ4v) is 4.85. The number of nitrogens with two attached hydrogens (primary N) is 1. The smallest absolute Gasteiger partial charge is 0.153 e. The zero-order chi connectivity index (χ0) is 12.7. The molecule has 0 saturated carbocycles. The van der Waals surface area contributed by atoms with Gasteiger partial charge in [0, 0.05) is 25.7 Å². The summed E-state index contributed by atoms with van der Waals surface area (Å²) in [6.45, 7) is 3.78. The van der Waals surface area contributed by atoms with Gasteiger partial charge in [-0.3, -0.25) is 4.90 Å². The zero-order valence-electron chi connectivity index (χ0n) is 10.6. The third kappa shape index (κ3) is 2.81. The van der Waals surface area contributed by atoms with E-state index in [-0.39, 0.29) is 29.2 Å². The molecule has 0 aromatic carbocycles. The van der Waals surface area contributed by atoms with Gasteiger partial charge in [-0.15, -0.1) is 0 Å². The molecule has 100 valence electrons. The highest BCUT2D eigenvalue weighted by Crippen LogP contribution is 2.28. The van der Waals surface area contributed by atoms with E-state index < -0.39 is 9.84 Å². The largest absolute Gasteiger partial charge is 0.377 e. The van der Waals surface area contributed by atoms with Crippen LogP contribution in [-0.4, -0.2) is 62.7 Å². The van der Waals surface area contributed by atoms with Crippen LogP contribution in [0.3, 0.4) is 0 Å². The fourth-order valence-electron chi connectivity index (χ4n) is 2.93. The van der Waals surface area contributed by atoms with E-state index in [9.17, 15) is 8.42 Å². The third-order valence-electron chi connectivity index (χ3n) is 4.02. The Bertz CT molecular complexity index is 384. The van der Waals surface area contributed by atoms with Crippen molar-refractivity contribution in [3.8, 4) is 0 Å². The minimum atomic E-state index is -2.95. The Morgan fingerprint density at radius 3 is 2.65 bits per heavy atom. The Morgan fingerprint density at radius 2 is 2.12 bits per heavy atom. The summed E-state index contributed by atoms with van der Waals surface area (Å²) in [4.78, 5) is 2.20. The molecule has 2 N–H and O–H groups in total. The van der Waals surface area contributed by atoms with E-state index in [0.717, 1.165) is 25.9 Å². The van der Waals surface area contributed by atoms with E-state index in [1.807, 2.05) is 0 Å². The van der Waals surface area contributed by atoms with E-state index in [2.05, 4.69) is 11.8 Å². The average Bonchev–Trinajstić information content (AvgIpc) is 2.52. The maximum Gasteiger partial charge on any atom is 0.153 e. The van der Waals surface area contributed by atoms with Gasteiger partial charge in [0.1, 0.15) is 0 Å². The minimum absolute atomic E-state index is 0.0326. The Kier molecular flexibility index (Phi) is 3.51. The maximum absolute atomic E-state index is 11.6. The van der Waals surface area contributed by atoms with Crippen LogP contribution < -0.4 is 5.73 Å². The van der Waals surface area contributed by atoms with Crippen LogP contribution in [0.1, 0.15) is 19.8 Å². The van der Waals surface area contributed by atoms with Crippen molar-refractivity contribution < 1.29 is 13.2 Å². The summed E-state index contributed by atoms with van der Waals surface area (Å²) in [5.41, 5.74) is 5.79. The first-order chi connectivity index (χ1) is 7.85. The summed E-state index contributed by atoms with van der Waals surface area (Å²) in [5, 5.41) is 0. The van der Waals surface area contributed by atoms with Gasteiger partial charge in [-0.25, -0.2) is 8.42 Å². The standard InChI is InChI=1S/C11H22N2O3S/c1-11(16-2)4-3-5-13(8-11)10-7-17(14,15)6-9(10)12/h9-10H,3-8,12H2,1-2H3. The van der Waals surface area contributed by atoms with Crippen LogP contribution in [0.5, 0.6) is 0 Å². The van der Waals surface area contributed by atoms with E-state index >= 15 is 0 Å². The van der Waals surface area contributed by atoms with Gasteiger partial charge in [-0.05, 0) is 26.3 Å². The number of hydrogen-bond donors (Lipinski definition) is 1. The molecular weight excluding hydrogens is 240 g/mol. The molecule has 6 heteroatoms. The quantitative estimate of drug-likeness (QED) is 0.734. The van der Waals surface area contributed by atoms with Gasteiger partial charge >= 0.3 is 0 Å². The Balaban J connectivity index is 2.08. The lowest BCUT2D eigenvalue weighted by Crippen LogP contribution is -2.55. The van der Waals surface area contributed by atoms with Gasteiger partial charge in [0.2, 0.25) is 0 Å². The first-order valence-electron chi connectivity index (χ1n) is 6.10. The van der Waals surface area contributed by atoms with E-state index in [1.165, 1.54) is 0 Å². The predicted molar refractivity (Wildman–Crippen MR) is 66.6 cm³/mol. The second kappa shape index (κ2) is 4.50. The number of piperidine rings is 1. The molecule has 5 nitrogen and oxygen atoms in total. The van der Waals surface area contributed by atoms with Gasteiger partial charge in [0.15, 0.2) is 9.84 Å². The molecule has 0 amide bonds. The van der Waals surface area contributed by atoms with E-state index in [1.54, 1.807) is 7.11 Å². The summed E-state index contributed by atoms with van der Waals surface area (Å²) >= 11 is 0. The number of rotatable bonds is 2. The number of likely N-dealkylation sites (tertiary alicyclic amines) is 1. The highest BCUT2D eigenvalue weighted by atomic mass is 32.2. The molecule has 0 aromatic rings. The molecule has 0 aliphatic carbocycles. The van der Waals surface area contributed by atoms with Crippen molar-refractivity contribution in [1.82, 2.24) is 4.90 Å². The second-order valence-electron chi connectivity index (χ2n) is 5.54. The lowest BCUT2D eigenvalue weighted by molar-refractivity contribution is -0.0600. The molecule has 2 heterocycles. The van der Waals surface area contributed by atoms with Gasteiger partial charge in [0.25, 0.3) is 0 Å². The molecule has 0 spiro atoms. The van der Waals surface area contributed by atoms with Crippen molar-refractivity contribution in [1.29, 1.82) is 0 Å². The van der Waals surface area contributed by atoms with Crippen molar-refractivity contribution >= 4 is 9.84 Å². The van der Waals surface area contributed by atoms with E-state index in [4.69, 9.17) is 10.5 Å². The number of ether oxygens (including phenoxy) is 1. The number of hydrogen-bond acceptors (Lipinski definition) is 5. The normalized spacial score (nSPS) is 42.8. The molecule has 2 rings (SSSR count). The Hall–Kier alpha value is -0.170. The van der Waals surface area contributed by atoms with E-state index in [0.29, 0.717) is 0 Å². The van der Waals surface area contributed by atoms with Crippen LogP contribution in [0, 0.1) is 0 Å². The van der Waals surface area contributed by atoms with Crippen molar-refractivity contribution in [2.45, 2.75) is 37.5 Å². The number of sulfone groups is 1. The van der Waals surface area contributed by atoms with Crippen LogP contribution in [0.15, 0.2) is 0 Å². The monoisotopic (exact) mass is 262 g/mol. The van der Waals surface area contributed by atoms with Crippen LogP contribution >= 0.6 is 0 Å². The summed E-state index contributed by atoms with van der Waals surface area (Å²) in [6.07, 6.45) is 2.06. The first-order valence-corrected chi connectivity index (χ1v) is 7.93. The molecule has 2 aliphatic rings. The molecule has 3 unspecified atom stereocenters. The van der Waals surface area contributed by atoms with Gasteiger partial charge < -0.3 is 10.5 Å². The molecule has 2 saturated heterocycles. The molecular formula is C11H22N2O3S. The third-order valence-corrected chi connectivity index (χ3v) is 5.76. The van der Waals surface area contributed by atoms with Crippen molar-refractivity contribution in [2.24, 2.45) is 5.73 Å². The van der Waals surface area contributed by atoms with Crippen molar-refractivity contribution in [2.75, 3.05) is 31.7 Å². The predicted octanol–water partition coefficient (Wildman–Crippen LogP) is -0.388. The highest BCUT2D eigenvalue weighted by Gasteiger charge is 2.42. The van der Waals surface area contributed by atoms with Crippen LogP contribution in [0.4, 0.5) is 0 Å². The molecule has 17 heavy (non-hydrogen) atoms. The first kappa shape index (κ1) is 13.3. The molecule has 0 aromatic heterocycles. The summed E-state index contributed by atoms with van der Waals surface area (Å²) in [6, 6.07) is -0.283. The fraction of sp³-hybridized carbons (Fsp3) is 1.00. The van der Waals surface area contributed by atoms with Gasteiger partial charge in [-0.2, -0.15) is 0 Å². The summed E-state index contributed by atoms with van der Waals surface area (Å²) < 4.78 is 28.7. The van der Waals surface area contributed by atoms with Gasteiger partial charge in [0.05, 0.1) is 17.1 Å². The lowest BCUT2D eigenvalue weighted by Gasteiger charge is -2.42. The second-order valence-corrected chi connectivity index (χ2v) is 7.69. The SMILES string of the molecule is COC1(C)CCCN(C2CS(=O)(=O)CC2N)C1. The number of methoxy groups -OCH3 is 1. The van der Waals surface area contributed by atoms with Crippen LogP contribution in [0.25, 0.3) is 0 Å². The molecule has 2 fully saturated rings. The van der Waals surface area contributed by atoms with Crippen LogP contribution in [-0.2, 0) is 14.6 Å². The van der Waals surface area contributed by atoms with Crippen molar-refractivity contribution in [3.05, 3.63) is 0 Å². The number of nitrogens with zero attached hydrogens (tertiary/aromatic N) is 1. The Labute approximate surface area is 103 Å². The highest BCUT2D eigenvalue weighted by molar-refractivity contribution is 7.91. The minimum Gasteiger partial charge on any atom is -0.377 e. The maximum atomic E-state index is 11.6. The average molecular weight is 262 g/mol.